The molecule has 2 amide bonds. The highest BCUT2D eigenvalue weighted by Crippen LogP contribution is 2.39. The predicted molar refractivity (Wildman–Crippen MR) is 136 cm³/mol. The standard InChI is InChI=1S/C27H31F2N5O4/c1-12-4-7-19(38-10-15-5-6-15)21(22(12)29)24-25-23(30-11-31-24)20(13(2)32-25)27(37)34-18-9-16(8-17(18)28)33-26(36)14(3)35/h4,7,11,14-18,32,35H,5-6,8-10H2,1-3H3,(H,33,36)(H,34,37)/t14-,16?,17?,18?/m0/s1. The smallest absolute Gasteiger partial charge is 0.255 e. The summed E-state index contributed by atoms with van der Waals surface area (Å²) in [5.41, 5.74) is 2.24. The number of fused-ring (bicyclic) bond motifs is 1. The summed E-state index contributed by atoms with van der Waals surface area (Å²) < 4.78 is 36.1. The van der Waals surface area contributed by atoms with Crippen LogP contribution in [0, 0.1) is 25.6 Å². The molecule has 0 bridgehead atoms. The maximum absolute atomic E-state index is 15.5. The van der Waals surface area contributed by atoms with Gasteiger partial charge in [-0.3, -0.25) is 9.59 Å². The molecule has 2 fully saturated rings. The van der Waals surface area contributed by atoms with E-state index >= 15 is 4.39 Å². The van der Waals surface area contributed by atoms with Crippen LogP contribution in [0.25, 0.3) is 22.3 Å². The van der Waals surface area contributed by atoms with Crippen molar-refractivity contribution in [1.29, 1.82) is 0 Å². The molecule has 1 aromatic carbocycles. The Hall–Kier alpha value is -3.60. The average molecular weight is 528 g/mol. The van der Waals surface area contributed by atoms with Crippen LogP contribution in [0.2, 0.25) is 0 Å². The van der Waals surface area contributed by atoms with E-state index in [9.17, 15) is 19.1 Å². The van der Waals surface area contributed by atoms with Crippen LogP contribution in [0.15, 0.2) is 18.5 Å². The number of aromatic nitrogens is 3. The highest BCUT2D eigenvalue weighted by atomic mass is 19.1. The number of nitrogens with one attached hydrogen (secondary N) is 3. The van der Waals surface area contributed by atoms with Gasteiger partial charge < -0.3 is 25.5 Å². The van der Waals surface area contributed by atoms with Crippen molar-refractivity contribution >= 4 is 22.8 Å². The van der Waals surface area contributed by atoms with E-state index in [0.29, 0.717) is 35.0 Å². The van der Waals surface area contributed by atoms with Crippen molar-refractivity contribution < 1.29 is 28.2 Å². The number of hydrogen-bond acceptors (Lipinski definition) is 6. The number of benzene rings is 1. The predicted octanol–water partition coefficient (Wildman–Crippen LogP) is 3.27. The number of nitrogens with zero attached hydrogens (tertiary/aromatic N) is 2. The van der Waals surface area contributed by atoms with Crippen LogP contribution in [0.5, 0.6) is 5.75 Å². The van der Waals surface area contributed by atoms with Crippen LogP contribution < -0.4 is 15.4 Å². The molecule has 2 heterocycles. The summed E-state index contributed by atoms with van der Waals surface area (Å²) in [4.78, 5) is 36.9. The van der Waals surface area contributed by atoms with Crippen molar-refractivity contribution in [3.05, 3.63) is 41.1 Å². The molecule has 0 spiro atoms. The molecule has 2 aliphatic carbocycles. The fourth-order valence-electron chi connectivity index (χ4n) is 4.90. The zero-order valence-electron chi connectivity index (χ0n) is 21.5. The summed E-state index contributed by atoms with van der Waals surface area (Å²) in [6, 6.07) is 2.05. The number of aryl methyl sites for hydroxylation is 2. The molecule has 4 N–H and O–H groups in total. The molecular formula is C27H31F2N5O4. The van der Waals surface area contributed by atoms with Crippen LogP contribution in [0.1, 0.15) is 54.2 Å². The maximum Gasteiger partial charge on any atom is 0.255 e. The van der Waals surface area contributed by atoms with Gasteiger partial charge in [-0.1, -0.05) is 6.07 Å². The van der Waals surface area contributed by atoms with Gasteiger partial charge in [0.05, 0.1) is 29.3 Å². The topological polar surface area (TPSA) is 129 Å². The summed E-state index contributed by atoms with van der Waals surface area (Å²) in [5.74, 6) is -0.753. The van der Waals surface area contributed by atoms with Gasteiger partial charge in [-0.2, -0.15) is 0 Å². The Morgan fingerprint density at radius 1 is 1.21 bits per heavy atom. The SMILES string of the molecule is Cc1ccc(OCC2CC2)c(-c2ncnc3c(C(=O)NC4CC(NC(=O)[C@H](C)O)CC4F)c(C)[nH]c23)c1F. The Morgan fingerprint density at radius 2 is 1.97 bits per heavy atom. The van der Waals surface area contributed by atoms with Crippen molar-refractivity contribution in [3.63, 3.8) is 0 Å². The van der Waals surface area contributed by atoms with E-state index in [1.54, 1.807) is 26.0 Å². The van der Waals surface area contributed by atoms with Crippen LogP contribution >= 0.6 is 0 Å². The molecule has 9 nitrogen and oxygen atoms in total. The van der Waals surface area contributed by atoms with Crippen molar-refractivity contribution in [2.45, 2.75) is 70.8 Å². The normalized spacial score (nSPS) is 21.9. The number of alkyl halides is 1. The van der Waals surface area contributed by atoms with E-state index in [1.165, 1.54) is 13.3 Å². The molecule has 5 rings (SSSR count). The number of aromatic amines is 1. The van der Waals surface area contributed by atoms with E-state index in [-0.39, 0.29) is 35.2 Å². The van der Waals surface area contributed by atoms with Gasteiger partial charge in [0.2, 0.25) is 5.91 Å². The van der Waals surface area contributed by atoms with E-state index in [2.05, 4.69) is 25.6 Å². The molecule has 0 radical (unpaired) electrons. The minimum Gasteiger partial charge on any atom is -0.492 e. The Morgan fingerprint density at radius 3 is 2.68 bits per heavy atom. The second-order valence-corrected chi connectivity index (χ2v) is 10.3. The minimum absolute atomic E-state index is 0.0266. The Kier molecular flexibility index (Phi) is 7.04. The monoisotopic (exact) mass is 527 g/mol. The second kappa shape index (κ2) is 10.3. The van der Waals surface area contributed by atoms with Gasteiger partial charge in [0.1, 0.15) is 41.4 Å². The number of aliphatic hydroxyl groups is 1. The highest BCUT2D eigenvalue weighted by molar-refractivity contribution is 6.09. The molecule has 3 aromatic rings. The first-order valence-corrected chi connectivity index (χ1v) is 12.8. The lowest BCUT2D eigenvalue weighted by Crippen LogP contribution is -2.41. The van der Waals surface area contributed by atoms with Crippen molar-refractivity contribution in [1.82, 2.24) is 25.6 Å². The first kappa shape index (κ1) is 26.0. The summed E-state index contributed by atoms with van der Waals surface area (Å²) in [6.45, 7) is 5.17. The Bertz CT molecular complexity index is 1390. The van der Waals surface area contributed by atoms with Gasteiger partial charge in [-0.15, -0.1) is 0 Å². The summed E-state index contributed by atoms with van der Waals surface area (Å²) >= 11 is 0. The van der Waals surface area contributed by atoms with Crippen LogP contribution in [-0.2, 0) is 4.79 Å². The number of halogens is 2. The van der Waals surface area contributed by atoms with E-state index in [1.807, 2.05) is 0 Å². The molecule has 3 unspecified atom stereocenters. The number of amides is 2. The van der Waals surface area contributed by atoms with Gasteiger partial charge in [0.15, 0.2) is 0 Å². The van der Waals surface area contributed by atoms with E-state index < -0.39 is 42.0 Å². The lowest BCUT2D eigenvalue weighted by atomic mass is 10.0. The lowest BCUT2D eigenvalue weighted by Gasteiger charge is -2.16. The van der Waals surface area contributed by atoms with E-state index in [4.69, 9.17) is 4.74 Å². The Labute approximate surface area is 218 Å². The zero-order valence-corrected chi connectivity index (χ0v) is 21.5. The molecule has 0 saturated heterocycles. The molecule has 2 saturated carbocycles. The number of rotatable bonds is 8. The second-order valence-electron chi connectivity index (χ2n) is 10.3. The molecule has 38 heavy (non-hydrogen) atoms. The van der Waals surface area contributed by atoms with Crippen molar-refractivity contribution in [2.24, 2.45) is 5.92 Å². The third-order valence-electron chi connectivity index (χ3n) is 7.23. The first-order valence-electron chi connectivity index (χ1n) is 12.8. The first-order chi connectivity index (χ1) is 18.1. The molecule has 2 aliphatic rings. The fourth-order valence-corrected chi connectivity index (χ4v) is 4.90. The molecule has 11 heteroatoms. The van der Waals surface area contributed by atoms with Gasteiger partial charge in [-0.05, 0) is 57.6 Å². The minimum atomic E-state index is -1.37. The third-order valence-corrected chi connectivity index (χ3v) is 7.23. The molecule has 0 aliphatic heterocycles. The number of carbonyl (C=O) groups is 2. The number of H-pyrrole nitrogens is 1. The van der Waals surface area contributed by atoms with Crippen molar-refractivity contribution in [2.75, 3.05) is 6.61 Å². The number of carbonyl (C=O) groups excluding carboxylic acids is 2. The molecule has 2 aromatic heterocycles. The third kappa shape index (κ3) is 5.07. The number of ether oxygens (including phenoxy) is 1. The average Bonchev–Trinajstić information content (AvgIpc) is 3.55. The largest absolute Gasteiger partial charge is 0.492 e. The molecule has 202 valence electrons. The van der Waals surface area contributed by atoms with Crippen LogP contribution in [-0.4, -0.2) is 62.8 Å². The number of hydrogen-bond donors (Lipinski definition) is 4. The van der Waals surface area contributed by atoms with Crippen LogP contribution in [0.4, 0.5) is 8.78 Å². The quantitative estimate of drug-likeness (QED) is 0.356. The van der Waals surface area contributed by atoms with Gasteiger partial charge in [0, 0.05) is 18.2 Å². The van der Waals surface area contributed by atoms with Crippen molar-refractivity contribution in [3.8, 4) is 17.0 Å². The Balaban J connectivity index is 1.43. The summed E-state index contributed by atoms with van der Waals surface area (Å²) in [7, 11) is 0. The van der Waals surface area contributed by atoms with Gasteiger partial charge in [-0.25, -0.2) is 18.7 Å². The highest BCUT2D eigenvalue weighted by Gasteiger charge is 2.37. The molecular weight excluding hydrogens is 496 g/mol. The maximum atomic E-state index is 15.5. The van der Waals surface area contributed by atoms with Gasteiger partial charge >= 0.3 is 0 Å². The summed E-state index contributed by atoms with van der Waals surface area (Å²) in [5, 5.41) is 14.7. The number of aliphatic hydroxyl groups excluding tert-OH is 1. The van der Waals surface area contributed by atoms with Gasteiger partial charge in [0.25, 0.3) is 5.91 Å². The summed E-state index contributed by atoms with van der Waals surface area (Å²) in [6.07, 6.45) is 1.07. The van der Waals surface area contributed by atoms with E-state index in [0.717, 1.165) is 12.8 Å². The fraction of sp³-hybridized carbons (Fsp3) is 0.481. The zero-order chi connectivity index (χ0) is 27.1. The molecule has 4 atom stereocenters. The lowest BCUT2D eigenvalue weighted by molar-refractivity contribution is -0.129. The van der Waals surface area contributed by atoms with Crippen LogP contribution in [0.3, 0.4) is 0 Å².